The van der Waals surface area contributed by atoms with E-state index >= 15 is 0 Å². The van der Waals surface area contributed by atoms with E-state index in [4.69, 9.17) is 0 Å². The van der Waals surface area contributed by atoms with Crippen LogP contribution in [0.25, 0.3) is 0 Å². The van der Waals surface area contributed by atoms with Crippen molar-refractivity contribution in [2.75, 3.05) is 11.9 Å². The fraction of sp³-hybridized carbons (Fsp3) is 0.0714. The lowest BCUT2D eigenvalue weighted by molar-refractivity contribution is 0.0992. The number of rotatable bonds is 2. The minimum absolute atomic E-state index is 0.120. The predicted octanol–water partition coefficient (Wildman–Crippen LogP) is 4.19. The molecule has 0 unspecified atom stereocenters. The van der Waals surface area contributed by atoms with Crippen molar-refractivity contribution in [3.8, 4) is 5.75 Å². The van der Waals surface area contributed by atoms with Crippen LogP contribution in [0.3, 0.4) is 0 Å². The maximum absolute atomic E-state index is 12.4. The Labute approximate surface area is 128 Å². The van der Waals surface area contributed by atoms with Crippen LogP contribution < -0.4 is 4.90 Å². The normalized spacial score (nSPS) is 10.3. The van der Waals surface area contributed by atoms with Gasteiger partial charge in [0.25, 0.3) is 5.91 Å². The highest BCUT2D eigenvalue weighted by Crippen LogP contribution is 2.25. The van der Waals surface area contributed by atoms with E-state index in [0.29, 0.717) is 5.56 Å². The van der Waals surface area contributed by atoms with Crippen molar-refractivity contribution in [3.05, 3.63) is 57.0 Å². The number of aromatic hydroxyl groups is 1. The molecule has 0 atom stereocenters. The number of phenols is 1. The van der Waals surface area contributed by atoms with E-state index in [1.165, 1.54) is 4.90 Å². The van der Waals surface area contributed by atoms with Gasteiger partial charge in [0.2, 0.25) is 0 Å². The van der Waals surface area contributed by atoms with Crippen molar-refractivity contribution >= 4 is 43.5 Å². The number of phenolic OH excluding ortho intramolecular Hbond substituents is 1. The van der Waals surface area contributed by atoms with Gasteiger partial charge in [0.15, 0.2) is 0 Å². The lowest BCUT2D eigenvalue weighted by Gasteiger charge is -2.18. The van der Waals surface area contributed by atoms with Crippen LogP contribution in [0.15, 0.2) is 51.4 Å². The first-order valence-electron chi connectivity index (χ1n) is 5.51. The molecule has 0 heterocycles. The number of carbonyl (C=O) groups excluding carboxylic acids is 1. The predicted molar refractivity (Wildman–Crippen MR) is 82.7 cm³/mol. The van der Waals surface area contributed by atoms with Crippen LogP contribution in [0.1, 0.15) is 10.4 Å². The zero-order valence-electron chi connectivity index (χ0n) is 10.1. The zero-order chi connectivity index (χ0) is 14.0. The van der Waals surface area contributed by atoms with E-state index in [9.17, 15) is 9.90 Å². The Morgan fingerprint density at radius 2 is 1.74 bits per heavy atom. The molecule has 0 saturated heterocycles. The molecule has 2 rings (SSSR count). The molecule has 3 nitrogen and oxygen atoms in total. The van der Waals surface area contributed by atoms with Gasteiger partial charge in [0, 0.05) is 21.7 Å². The maximum Gasteiger partial charge on any atom is 0.259 e. The molecule has 98 valence electrons. The zero-order valence-corrected chi connectivity index (χ0v) is 13.3. The summed E-state index contributed by atoms with van der Waals surface area (Å²) < 4.78 is 1.64. The quantitative estimate of drug-likeness (QED) is 0.843. The number of hydrogen-bond acceptors (Lipinski definition) is 2. The third-order valence-electron chi connectivity index (χ3n) is 2.70. The lowest BCUT2D eigenvalue weighted by Crippen LogP contribution is -2.26. The van der Waals surface area contributed by atoms with Crippen LogP contribution >= 0.6 is 31.9 Å². The molecule has 5 heteroatoms. The molecule has 1 N–H and O–H groups in total. The van der Waals surface area contributed by atoms with E-state index in [0.717, 1.165) is 14.6 Å². The van der Waals surface area contributed by atoms with E-state index in [2.05, 4.69) is 31.9 Å². The Bertz CT molecular complexity index is 611. The van der Waals surface area contributed by atoms with Crippen LogP contribution in [0.5, 0.6) is 5.75 Å². The van der Waals surface area contributed by atoms with Gasteiger partial charge in [0.05, 0.1) is 5.56 Å². The number of amides is 1. The Kier molecular flexibility index (Phi) is 4.27. The van der Waals surface area contributed by atoms with Gasteiger partial charge in [-0.25, -0.2) is 0 Å². The Morgan fingerprint density at radius 1 is 1.11 bits per heavy atom. The molecule has 0 aromatic heterocycles. The van der Waals surface area contributed by atoms with Crippen molar-refractivity contribution in [3.63, 3.8) is 0 Å². The lowest BCUT2D eigenvalue weighted by atomic mass is 10.2. The second-order valence-corrected chi connectivity index (χ2v) is 5.77. The first kappa shape index (κ1) is 14.1. The van der Waals surface area contributed by atoms with Gasteiger partial charge in [-0.2, -0.15) is 0 Å². The van der Waals surface area contributed by atoms with Crippen molar-refractivity contribution < 1.29 is 9.90 Å². The summed E-state index contributed by atoms with van der Waals surface area (Å²) in [4.78, 5) is 13.9. The molecule has 0 radical (unpaired) electrons. The third-order valence-corrected chi connectivity index (χ3v) is 3.85. The maximum atomic E-state index is 12.4. The molecule has 0 aliphatic rings. The van der Waals surface area contributed by atoms with Gasteiger partial charge in [-0.05, 0) is 58.4 Å². The van der Waals surface area contributed by atoms with Crippen molar-refractivity contribution in [1.29, 1.82) is 0 Å². The van der Waals surface area contributed by atoms with Crippen LogP contribution in [0.2, 0.25) is 0 Å². The standard InChI is InChI=1S/C14H11Br2NO2/c1-17(10-3-5-11(18)6-4-10)14(19)12-7-2-9(15)8-13(12)16/h2-8,18H,1H3. The molecular weight excluding hydrogens is 374 g/mol. The minimum Gasteiger partial charge on any atom is -0.508 e. The minimum atomic E-state index is -0.120. The second-order valence-electron chi connectivity index (χ2n) is 4.00. The number of anilines is 1. The van der Waals surface area contributed by atoms with Crippen LogP contribution in [0, 0.1) is 0 Å². The van der Waals surface area contributed by atoms with Gasteiger partial charge in [-0.1, -0.05) is 15.9 Å². The molecule has 19 heavy (non-hydrogen) atoms. The molecule has 0 aliphatic carbocycles. The van der Waals surface area contributed by atoms with Crippen LogP contribution in [-0.4, -0.2) is 18.1 Å². The summed E-state index contributed by atoms with van der Waals surface area (Å²) in [5, 5.41) is 9.25. The van der Waals surface area contributed by atoms with Crippen LogP contribution in [0.4, 0.5) is 5.69 Å². The highest BCUT2D eigenvalue weighted by molar-refractivity contribution is 9.11. The summed E-state index contributed by atoms with van der Waals surface area (Å²) in [7, 11) is 1.70. The number of carbonyl (C=O) groups is 1. The van der Waals surface area contributed by atoms with Gasteiger partial charge in [-0.15, -0.1) is 0 Å². The largest absolute Gasteiger partial charge is 0.508 e. The van der Waals surface area contributed by atoms with E-state index in [1.807, 2.05) is 12.1 Å². The molecule has 0 spiro atoms. The number of benzene rings is 2. The molecule has 2 aromatic carbocycles. The van der Waals surface area contributed by atoms with E-state index in [-0.39, 0.29) is 11.7 Å². The summed E-state index contributed by atoms with van der Waals surface area (Å²) in [5.41, 5.74) is 1.30. The third kappa shape index (κ3) is 3.16. The topological polar surface area (TPSA) is 40.5 Å². The molecular formula is C14H11Br2NO2. The van der Waals surface area contributed by atoms with Crippen molar-refractivity contribution in [2.24, 2.45) is 0 Å². The smallest absolute Gasteiger partial charge is 0.259 e. The average molecular weight is 385 g/mol. The van der Waals surface area contributed by atoms with E-state index < -0.39 is 0 Å². The Morgan fingerprint density at radius 3 is 2.32 bits per heavy atom. The van der Waals surface area contributed by atoms with Gasteiger partial charge in [-0.3, -0.25) is 4.79 Å². The first-order chi connectivity index (χ1) is 8.99. The monoisotopic (exact) mass is 383 g/mol. The highest BCUT2D eigenvalue weighted by Gasteiger charge is 2.16. The second kappa shape index (κ2) is 5.75. The van der Waals surface area contributed by atoms with E-state index in [1.54, 1.807) is 37.4 Å². The average Bonchev–Trinajstić information content (AvgIpc) is 2.38. The van der Waals surface area contributed by atoms with Crippen molar-refractivity contribution in [1.82, 2.24) is 0 Å². The molecule has 0 saturated carbocycles. The summed E-state index contributed by atoms with van der Waals surface area (Å²) in [5.74, 6) is 0.0551. The summed E-state index contributed by atoms with van der Waals surface area (Å²) in [6.45, 7) is 0. The SMILES string of the molecule is CN(C(=O)c1ccc(Br)cc1Br)c1ccc(O)cc1. The number of nitrogens with zero attached hydrogens (tertiary/aromatic N) is 1. The summed E-state index contributed by atoms with van der Waals surface area (Å²) in [6, 6.07) is 11.9. The molecule has 0 aliphatic heterocycles. The van der Waals surface area contributed by atoms with Gasteiger partial charge < -0.3 is 10.0 Å². The Hall–Kier alpha value is -1.33. The number of halogens is 2. The number of hydrogen-bond donors (Lipinski definition) is 1. The van der Waals surface area contributed by atoms with Crippen LogP contribution in [-0.2, 0) is 0 Å². The molecule has 0 bridgehead atoms. The Balaban J connectivity index is 2.30. The summed E-state index contributed by atoms with van der Waals surface area (Å²) >= 11 is 6.74. The fourth-order valence-corrected chi connectivity index (χ4v) is 2.85. The molecule has 0 fully saturated rings. The first-order valence-corrected chi connectivity index (χ1v) is 7.10. The van der Waals surface area contributed by atoms with Gasteiger partial charge in [0.1, 0.15) is 5.75 Å². The van der Waals surface area contributed by atoms with Gasteiger partial charge >= 0.3 is 0 Å². The van der Waals surface area contributed by atoms with Crippen molar-refractivity contribution in [2.45, 2.75) is 0 Å². The molecule has 1 amide bonds. The molecule has 2 aromatic rings. The highest BCUT2D eigenvalue weighted by atomic mass is 79.9. The fourth-order valence-electron chi connectivity index (χ4n) is 1.64. The summed E-state index contributed by atoms with van der Waals surface area (Å²) in [6.07, 6.45) is 0.